The number of ether oxygens (including phenoxy) is 1. The second kappa shape index (κ2) is 7.00. The maximum absolute atomic E-state index is 5.95. The minimum Gasteiger partial charge on any atom is -0.396 e. The highest BCUT2D eigenvalue weighted by Crippen LogP contribution is 2.42. The Hall–Kier alpha value is 0.0569. The van der Waals surface area contributed by atoms with Crippen molar-refractivity contribution in [2.45, 2.75) is 43.4 Å². The summed E-state index contributed by atoms with van der Waals surface area (Å²) in [4.78, 5) is 2.22. The topological polar surface area (TPSA) is 30.9 Å². The highest BCUT2D eigenvalue weighted by atomic mass is 28.4. The first-order valence-corrected chi connectivity index (χ1v) is 8.88. The second-order valence-corrected chi connectivity index (χ2v) is 9.21. The normalized spacial score (nSPS) is 27.7. The van der Waals surface area contributed by atoms with Gasteiger partial charge in [0.25, 0.3) is 0 Å². The molecule has 0 spiro atoms. The third-order valence-electron chi connectivity index (χ3n) is 4.27. The Morgan fingerprint density at radius 1 is 1.11 bits per heavy atom. The van der Waals surface area contributed by atoms with E-state index in [9.17, 15) is 0 Å². The Kier molecular flexibility index (Phi) is 6.27. The summed E-state index contributed by atoms with van der Waals surface area (Å²) in [6, 6.07) is 1.05. The molecule has 1 aliphatic heterocycles. The van der Waals surface area contributed by atoms with E-state index in [-0.39, 0.29) is 5.22 Å². The first kappa shape index (κ1) is 16.1. The Labute approximate surface area is 113 Å². The summed E-state index contributed by atoms with van der Waals surface area (Å²) < 4.78 is 17.7. The summed E-state index contributed by atoms with van der Waals surface area (Å²) >= 11 is 0. The van der Waals surface area contributed by atoms with Gasteiger partial charge in [0.05, 0.1) is 0 Å². The van der Waals surface area contributed by atoms with Crippen LogP contribution in [0.5, 0.6) is 0 Å². The molecule has 1 unspecified atom stereocenters. The van der Waals surface area contributed by atoms with Crippen LogP contribution in [0.15, 0.2) is 0 Å². The fourth-order valence-electron chi connectivity index (χ4n) is 3.20. The van der Waals surface area contributed by atoms with E-state index in [1.807, 2.05) is 7.11 Å². The van der Waals surface area contributed by atoms with E-state index in [4.69, 9.17) is 13.6 Å². The van der Waals surface area contributed by atoms with Crippen molar-refractivity contribution < 1.29 is 13.6 Å². The zero-order valence-corrected chi connectivity index (χ0v) is 13.6. The largest absolute Gasteiger partial charge is 0.396 e. The van der Waals surface area contributed by atoms with Crippen molar-refractivity contribution >= 4 is 8.56 Å². The summed E-state index contributed by atoms with van der Waals surface area (Å²) in [5, 5.41) is -0.162. The van der Waals surface area contributed by atoms with E-state index in [1.165, 1.54) is 12.8 Å². The summed E-state index contributed by atoms with van der Waals surface area (Å²) in [5.74, 6) is 0. The molecular formula is C13H29NO3Si. The minimum absolute atomic E-state index is 0.162. The van der Waals surface area contributed by atoms with Gasteiger partial charge in [-0.25, -0.2) is 0 Å². The molecule has 0 aromatic heterocycles. The number of nitrogens with zero attached hydrogens (tertiary/aromatic N) is 1. The molecule has 0 bridgehead atoms. The lowest BCUT2D eigenvalue weighted by Crippen LogP contribution is -2.64. The van der Waals surface area contributed by atoms with Gasteiger partial charge in [-0.15, -0.1) is 0 Å². The van der Waals surface area contributed by atoms with Crippen molar-refractivity contribution in [3.63, 3.8) is 0 Å². The van der Waals surface area contributed by atoms with E-state index in [2.05, 4.69) is 19.0 Å². The van der Waals surface area contributed by atoms with Crippen molar-refractivity contribution in [1.29, 1.82) is 0 Å². The molecule has 0 amide bonds. The van der Waals surface area contributed by atoms with Crippen LogP contribution < -0.4 is 0 Å². The van der Waals surface area contributed by atoms with Crippen molar-refractivity contribution in [3.8, 4) is 0 Å². The smallest absolute Gasteiger partial charge is 0.370 e. The van der Waals surface area contributed by atoms with Gasteiger partial charge in [-0.2, -0.15) is 0 Å². The zero-order valence-electron chi connectivity index (χ0n) is 12.6. The molecule has 108 valence electrons. The first-order valence-electron chi connectivity index (χ1n) is 6.86. The average molecular weight is 275 g/mol. The number of rotatable bonds is 7. The molecule has 1 atom stereocenters. The molecule has 0 aromatic carbocycles. The van der Waals surface area contributed by atoms with Crippen LogP contribution in [-0.2, 0) is 13.6 Å². The van der Waals surface area contributed by atoms with Crippen molar-refractivity contribution in [2.75, 3.05) is 42.0 Å². The van der Waals surface area contributed by atoms with Gasteiger partial charge in [0.1, 0.15) is 5.22 Å². The van der Waals surface area contributed by atoms with Crippen LogP contribution in [0, 0.1) is 0 Å². The van der Waals surface area contributed by atoms with Gasteiger partial charge in [-0.1, -0.05) is 12.8 Å². The van der Waals surface area contributed by atoms with E-state index < -0.39 is 8.56 Å². The molecule has 1 aliphatic rings. The molecule has 1 heterocycles. The lowest BCUT2D eigenvalue weighted by molar-refractivity contribution is -0.0165. The van der Waals surface area contributed by atoms with Crippen LogP contribution >= 0.6 is 0 Å². The van der Waals surface area contributed by atoms with E-state index in [0.29, 0.717) is 0 Å². The molecule has 1 rings (SSSR count). The van der Waals surface area contributed by atoms with E-state index >= 15 is 0 Å². The molecule has 0 aromatic rings. The predicted octanol–water partition coefficient (Wildman–Crippen LogP) is 2.17. The molecule has 0 radical (unpaired) electrons. The molecule has 0 N–H and O–H groups in total. The first-order chi connectivity index (χ1) is 8.56. The molecule has 4 nitrogen and oxygen atoms in total. The van der Waals surface area contributed by atoms with Crippen LogP contribution in [0.1, 0.15) is 32.1 Å². The number of hydrogen-bond donors (Lipinski definition) is 0. The van der Waals surface area contributed by atoms with Crippen LogP contribution in [0.25, 0.3) is 0 Å². The lowest BCUT2D eigenvalue weighted by atomic mass is 10.1. The molecular weight excluding hydrogens is 246 g/mol. The molecule has 5 heteroatoms. The standard InChI is InChI=1S/C13H29NO3Si/c1-14(2)11-8-10-13(15-3)9-6-7-12-18(13,16-4)17-5/h6-12H2,1-5H3. The fourth-order valence-corrected chi connectivity index (χ4v) is 7.12. The zero-order chi connectivity index (χ0) is 13.6. The van der Waals surface area contributed by atoms with Crippen LogP contribution in [-0.4, -0.2) is 60.7 Å². The van der Waals surface area contributed by atoms with Crippen molar-refractivity contribution in [1.82, 2.24) is 4.90 Å². The highest BCUT2D eigenvalue weighted by molar-refractivity contribution is 6.70. The van der Waals surface area contributed by atoms with Crippen molar-refractivity contribution in [2.24, 2.45) is 0 Å². The Morgan fingerprint density at radius 2 is 1.78 bits per heavy atom. The van der Waals surface area contributed by atoms with Crippen LogP contribution in [0.2, 0.25) is 6.04 Å². The lowest BCUT2D eigenvalue weighted by Gasteiger charge is -2.48. The van der Waals surface area contributed by atoms with Crippen molar-refractivity contribution in [3.05, 3.63) is 0 Å². The summed E-state index contributed by atoms with van der Waals surface area (Å²) in [6.07, 6.45) is 5.66. The second-order valence-electron chi connectivity index (χ2n) is 5.47. The fraction of sp³-hybridized carbons (Fsp3) is 1.00. The molecule has 1 fully saturated rings. The summed E-state index contributed by atoms with van der Waals surface area (Å²) in [7, 11) is 7.40. The van der Waals surface area contributed by atoms with Gasteiger partial charge < -0.3 is 18.5 Å². The maximum Gasteiger partial charge on any atom is 0.370 e. The van der Waals surface area contributed by atoms with Gasteiger partial charge in [-0.05, 0) is 45.9 Å². The maximum atomic E-state index is 5.95. The summed E-state index contributed by atoms with van der Waals surface area (Å²) in [6.45, 7) is 1.09. The Morgan fingerprint density at radius 3 is 2.28 bits per heavy atom. The Balaban J connectivity index is 2.79. The average Bonchev–Trinajstić information content (AvgIpc) is 2.38. The SMILES string of the molecule is COC1(CCCN(C)C)CCCC[Si]1(OC)OC. The van der Waals surface area contributed by atoms with Gasteiger partial charge in [0.15, 0.2) is 0 Å². The molecule has 0 saturated carbocycles. The molecule has 0 aliphatic carbocycles. The number of hydrogen-bond acceptors (Lipinski definition) is 4. The number of methoxy groups -OCH3 is 1. The minimum atomic E-state index is -2.22. The van der Waals surface area contributed by atoms with Crippen LogP contribution in [0.3, 0.4) is 0 Å². The third kappa shape index (κ3) is 3.14. The monoisotopic (exact) mass is 275 g/mol. The molecule has 1 saturated heterocycles. The quantitative estimate of drug-likeness (QED) is 0.666. The van der Waals surface area contributed by atoms with Gasteiger partial charge >= 0.3 is 8.56 Å². The third-order valence-corrected chi connectivity index (χ3v) is 8.69. The van der Waals surface area contributed by atoms with E-state index in [1.54, 1.807) is 14.2 Å². The predicted molar refractivity (Wildman–Crippen MR) is 76.0 cm³/mol. The highest BCUT2D eigenvalue weighted by Gasteiger charge is 2.58. The van der Waals surface area contributed by atoms with Crippen LogP contribution in [0.4, 0.5) is 0 Å². The van der Waals surface area contributed by atoms with Gasteiger partial charge in [-0.3, -0.25) is 0 Å². The van der Waals surface area contributed by atoms with E-state index in [0.717, 1.165) is 31.9 Å². The molecule has 18 heavy (non-hydrogen) atoms. The Bertz CT molecular complexity index is 246. The van der Waals surface area contributed by atoms with Gasteiger partial charge in [0, 0.05) is 21.3 Å². The van der Waals surface area contributed by atoms with Gasteiger partial charge in [0.2, 0.25) is 0 Å². The summed E-state index contributed by atoms with van der Waals surface area (Å²) in [5.41, 5.74) is 0.